The Morgan fingerprint density at radius 3 is 2.81 bits per heavy atom. The third kappa shape index (κ3) is 5.65. The van der Waals surface area contributed by atoms with Crippen LogP contribution in [0.4, 0.5) is 4.39 Å². The van der Waals surface area contributed by atoms with Gasteiger partial charge in [0.25, 0.3) is 0 Å². The first kappa shape index (κ1) is 17.3. The minimum Gasteiger partial charge on any atom is -0.346 e. The normalized spacial score (nSPS) is 10.0. The number of hydrogen-bond donors (Lipinski definition) is 2. The van der Waals surface area contributed by atoms with Gasteiger partial charge in [0, 0.05) is 23.1 Å². The molecule has 1 aromatic rings. The third-order valence-electron chi connectivity index (χ3n) is 2.69. The van der Waals surface area contributed by atoms with E-state index in [4.69, 9.17) is 5.73 Å². The first-order valence-corrected chi connectivity index (χ1v) is 7.06. The van der Waals surface area contributed by atoms with Crippen molar-refractivity contribution in [1.82, 2.24) is 10.2 Å². The zero-order valence-electron chi connectivity index (χ0n) is 11.4. The third-order valence-corrected chi connectivity index (χ3v) is 3.19. The number of hydrogen-bond acceptors (Lipinski definition) is 3. The largest absolute Gasteiger partial charge is 0.346 e. The first-order valence-electron chi connectivity index (χ1n) is 6.27. The molecule has 0 saturated heterocycles. The standard InChI is InChI=1S/C14H17BrFN3O2/c1-2-5-19(14(21)8-18-13(20)7-17)9-10-6-11(15)3-4-12(10)16/h2-4,6H,1,5,7-9,17H2,(H,18,20). The minimum atomic E-state index is -0.421. The summed E-state index contributed by atoms with van der Waals surface area (Å²) in [4.78, 5) is 24.5. The highest BCUT2D eigenvalue weighted by atomic mass is 79.9. The van der Waals surface area contributed by atoms with Gasteiger partial charge < -0.3 is 16.0 Å². The number of carbonyl (C=O) groups is 2. The Labute approximate surface area is 131 Å². The zero-order valence-corrected chi connectivity index (χ0v) is 13.0. The van der Waals surface area contributed by atoms with Crippen LogP contribution >= 0.6 is 15.9 Å². The SMILES string of the molecule is C=CCN(Cc1cc(Br)ccc1F)C(=O)CNC(=O)CN. The maximum Gasteiger partial charge on any atom is 0.242 e. The molecule has 0 aliphatic heterocycles. The van der Waals surface area contributed by atoms with Gasteiger partial charge in [-0.3, -0.25) is 9.59 Å². The Bertz CT molecular complexity index is 537. The Morgan fingerprint density at radius 2 is 2.19 bits per heavy atom. The summed E-state index contributed by atoms with van der Waals surface area (Å²) in [5.74, 6) is -1.15. The van der Waals surface area contributed by atoms with Gasteiger partial charge in [0.2, 0.25) is 11.8 Å². The molecule has 0 unspecified atom stereocenters. The second-order valence-corrected chi connectivity index (χ2v) is 5.20. The molecule has 0 fully saturated rings. The van der Waals surface area contributed by atoms with Gasteiger partial charge in [0.05, 0.1) is 13.1 Å². The van der Waals surface area contributed by atoms with Gasteiger partial charge in [-0.15, -0.1) is 6.58 Å². The predicted molar refractivity (Wildman–Crippen MR) is 81.8 cm³/mol. The average Bonchev–Trinajstić information content (AvgIpc) is 2.47. The highest BCUT2D eigenvalue weighted by Gasteiger charge is 2.15. The lowest BCUT2D eigenvalue weighted by Crippen LogP contribution is -2.41. The number of halogens is 2. The average molecular weight is 358 g/mol. The topological polar surface area (TPSA) is 75.4 Å². The quantitative estimate of drug-likeness (QED) is 0.719. The number of rotatable bonds is 7. The van der Waals surface area contributed by atoms with Crippen LogP contribution in [0.2, 0.25) is 0 Å². The summed E-state index contributed by atoms with van der Waals surface area (Å²) in [6.07, 6.45) is 1.54. The summed E-state index contributed by atoms with van der Waals surface area (Å²) in [5.41, 5.74) is 5.52. The van der Waals surface area contributed by atoms with E-state index in [9.17, 15) is 14.0 Å². The van der Waals surface area contributed by atoms with Gasteiger partial charge >= 0.3 is 0 Å². The molecule has 0 radical (unpaired) electrons. The summed E-state index contributed by atoms with van der Waals surface area (Å²) in [6, 6.07) is 4.52. The lowest BCUT2D eigenvalue weighted by molar-refractivity contribution is -0.132. The number of benzene rings is 1. The van der Waals surface area contributed by atoms with Crippen LogP contribution in [0.5, 0.6) is 0 Å². The molecule has 5 nitrogen and oxygen atoms in total. The Hall–Kier alpha value is -1.73. The summed E-state index contributed by atoms with van der Waals surface area (Å²) >= 11 is 3.26. The van der Waals surface area contributed by atoms with E-state index in [2.05, 4.69) is 27.8 Å². The highest BCUT2D eigenvalue weighted by Crippen LogP contribution is 2.17. The highest BCUT2D eigenvalue weighted by molar-refractivity contribution is 9.10. The van der Waals surface area contributed by atoms with Crippen molar-refractivity contribution in [2.75, 3.05) is 19.6 Å². The molecule has 2 amide bonds. The molecule has 3 N–H and O–H groups in total. The number of amides is 2. The molecule has 0 spiro atoms. The summed E-state index contributed by atoms with van der Waals surface area (Å²) in [7, 11) is 0. The molecule has 114 valence electrons. The van der Waals surface area contributed by atoms with Crippen molar-refractivity contribution in [2.45, 2.75) is 6.54 Å². The molecule has 7 heteroatoms. The van der Waals surface area contributed by atoms with Crippen molar-refractivity contribution in [1.29, 1.82) is 0 Å². The molecule has 0 heterocycles. The van der Waals surface area contributed by atoms with Gasteiger partial charge in [0.1, 0.15) is 5.82 Å². The monoisotopic (exact) mass is 357 g/mol. The summed E-state index contributed by atoms with van der Waals surface area (Å²) < 4.78 is 14.5. The van der Waals surface area contributed by atoms with E-state index in [1.165, 1.54) is 11.0 Å². The van der Waals surface area contributed by atoms with Crippen LogP contribution in [0.15, 0.2) is 35.3 Å². The fraction of sp³-hybridized carbons (Fsp3) is 0.286. The van der Waals surface area contributed by atoms with Gasteiger partial charge in [-0.25, -0.2) is 4.39 Å². The van der Waals surface area contributed by atoms with Crippen molar-refractivity contribution in [3.05, 3.63) is 46.7 Å². The van der Waals surface area contributed by atoms with E-state index in [0.29, 0.717) is 5.56 Å². The molecule has 0 atom stereocenters. The molecule has 0 aromatic heterocycles. The van der Waals surface area contributed by atoms with E-state index in [-0.39, 0.29) is 32.1 Å². The lowest BCUT2D eigenvalue weighted by Gasteiger charge is -2.22. The summed E-state index contributed by atoms with van der Waals surface area (Å²) in [6.45, 7) is 3.55. The van der Waals surface area contributed by atoms with Crippen LogP contribution in [-0.4, -0.2) is 36.3 Å². The predicted octanol–water partition coefficient (Wildman–Crippen LogP) is 1.18. The zero-order chi connectivity index (χ0) is 15.8. The van der Waals surface area contributed by atoms with Crippen molar-refractivity contribution in [3.8, 4) is 0 Å². The molecule has 0 bridgehead atoms. The van der Waals surface area contributed by atoms with E-state index in [1.807, 2.05) is 0 Å². The number of nitrogens with two attached hydrogens (primary N) is 1. The molecule has 0 aliphatic rings. The van der Waals surface area contributed by atoms with Crippen LogP contribution in [0.25, 0.3) is 0 Å². The van der Waals surface area contributed by atoms with E-state index in [0.717, 1.165) is 4.47 Å². The molecule has 0 saturated carbocycles. The number of nitrogens with one attached hydrogen (secondary N) is 1. The summed E-state index contributed by atoms with van der Waals surface area (Å²) in [5, 5.41) is 2.39. The van der Waals surface area contributed by atoms with E-state index in [1.54, 1.807) is 18.2 Å². The van der Waals surface area contributed by atoms with Gasteiger partial charge in [-0.2, -0.15) is 0 Å². The van der Waals surface area contributed by atoms with Gasteiger partial charge in [-0.05, 0) is 18.2 Å². The number of nitrogens with zero attached hydrogens (tertiary/aromatic N) is 1. The Balaban J connectivity index is 2.76. The van der Waals surface area contributed by atoms with Crippen LogP contribution in [0.1, 0.15) is 5.56 Å². The molecular formula is C14H17BrFN3O2. The van der Waals surface area contributed by atoms with Crippen molar-refractivity contribution in [2.24, 2.45) is 5.73 Å². The Kier molecular flexibility index (Phi) is 7.04. The Morgan fingerprint density at radius 1 is 1.48 bits per heavy atom. The molecule has 21 heavy (non-hydrogen) atoms. The molecule has 1 rings (SSSR count). The second-order valence-electron chi connectivity index (χ2n) is 4.28. The molecule has 0 aliphatic carbocycles. The maximum absolute atomic E-state index is 13.7. The van der Waals surface area contributed by atoms with Crippen LogP contribution < -0.4 is 11.1 Å². The number of carbonyl (C=O) groups excluding carboxylic acids is 2. The molecule has 1 aromatic carbocycles. The molecular weight excluding hydrogens is 341 g/mol. The smallest absolute Gasteiger partial charge is 0.242 e. The van der Waals surface area contributed by atoms with Gasteiger partial charge in [0.15, 0.2) is 0 Å². The van der Waals surface area contributed by atoms with E-state index < -0.39 is 11.7 Å². The van der Waals surface area contributed by atoms with Crippen molar-refractivity contribution < 1.29 is 14.0 Å². The minimum absolute atomic E-state index is 0.0919. The second kappa shape index (κ2) is 8.53. The maximum atomic E-state index is 13.7. The lowest BCUT2D eigenvalue weighted by atomic mass is 10.2. The van der Waals surface area contributed by atoms with E-state index >= 15 is 0 Å². The fourth-order valence-corrected chi connectivity index (χ4v) is 2.05. The van der Waals surface area contributed by atoms with Crippen LogP contribution in [0, 0.1) is 5.82 Å². The van der Waals surface area contributed by atoms with Gasteiger partial charge in [-0.1, -0.05) is 22.0 Å². The first-order chi connectivity index (χ1) is 9.97. The van der Waals surface area contributed by atoms with Crippen LogP contribution in [-0.2, 0) is 16.1 Å². The van der Waals surface area contributed by atoms with Crippen molar-refractivity contribution in [3.63, 3.8) is 0 Å². The van der Waals surface area contributed by atoms with Crippen LogP contribution in [0.3, 0.4) is 0 Å². The fourth-order valence-electron chi connectivity index (χ4n) is 1.64. The van der Waals surface area contributed by atoms with Crippen molar-refractivity contribution >= 4 is 27.7 Å².